The normalized spacial score (nSPS) is 10.7. The first-order chi connectivity index (χ1) is 9.82. The average Bonchev–Trinajstić information content (AvgIpc) is 2.56. The van der Waals surface area contributed by atoms with Gasteiger partial charge in [0.2, 0.25) is 6.62 Å². The number of halogens is 1. The molecule has 0 heterocycles. The van der Waals surface area contributed by atoms with Crippen molar-refractivity contribution in [1.29, 1.82) is 0 Å². The van der Waals surface area contributed by atoms with Crippen LogP contribution in [0.25, 0.3) is 0 Å². The third-order valence-corrected chi connectivity index (χ3v) is 8.12. The second-order valence-electron chi connectivity index (χ2n) is 4.60. The molecule has 0 N–H and O–H groups in total. The van der Waals surface area contributed by atoms with Crippen molar-refractivity contribution in [1.82, 2.24) is 0 Å². The zero-order valence-electron chi connectivity index (χ0n) is 11.3. The van der Waals surface area contributed by atoms with Gasteiger partial charge in [-0.2, -0.15) is 0 Å². The van der Waals surface area contributed by atoms with E-state index in [2.05, 4.69) is 72.8 Å². The second-order valence-corrected chi connectivity index (χ2v) is 8.84. The largest absolute Gasteiger partial charge is 0.210 e. The molecule has 3 aromatic rings. The Balaban J connectivity index is 0.00000161. The van der Waals surface area contributed by atoms with Gasteiger partial charge in [0.05, 0.1) is 0 Å². The molecule has 1 radical (unpaired) electrons. The summed E-state index contributed by atoms with van der Waals surface area (Å²) in [6.07, 6.45) is 0. The van der Waals surface area contributed by atoms with Crippen LogP contribution in [0, 0.1) is 0 Å². The molecule has 3 aromatic carbocycles. The van der Waals surface area contributed by atoms with Gasteiger partial charge < -0.3 is 0 Å². The van der Waals surface area contributed by atoms with Crippen molar-refractivity contribution in [2.75, 3.05) is 0 Å². The van der Waals surface area contributed by atoms with E-state index in [1.54, 1.807) is 0 Å². The number of hydrogen-bond donors (Lipinski definition) is 0. The van der Waals surface area contributed by atoms with Crippen LogP contribution < -0.4 is 15.9 Å². The molecule has 0 aromatic heterocycles. The Kier molecular flexibility index (Phi) is 5.62. The molecule has 0 saturated carbocycles. The summed E-state index contributed by atoms with van der Waals surface area (Å²) < 4.78 is 0. The van der Waals surface area contributed by atoms with Gasteiger partial charge in [-0.15, -0.1) is 0 Å². The zero-order chi connectivity index (χ0) is 13.8. The Morgan fingerprint density at radius 3 is 0.952 bits per heavy atom. The van der Waals surface area contributed by atoms with Crippen LogP contribution in [0.2, 0.25) is 0 Å². The molecule has 0 aliphatic rings. The molecule has 0 aliphatic carbocycles. The van der Waals surface area contributed by atoms with Gasteiger partial charge in [0.15, 0.2) is 0 Å². The number of rotatable bonds is 3. The summed E-state index contributed by atoms with van der Waals surface area (Å²) >= 11 is 7.23. The van der Waals surface area contributed by atoms with Crippen molar-refractivity contribution in [3.05, 3.63) is 91.0 Å². The van der Waals surface area contributed by atoms with Crippen molar-refractivity contribution in [3.8, 4) is 0 Å². The van der Waals surface area contributed by atoms with Crippen molar-refractivity contribution in [2.45, 2.75) is 0 Å². The van der Waals surface area contributed by atoms with Crippen LogP contribution in [-0.4, -0.2) is 0 Å². The van der Waals surface area contributed by atoms with Gasteiger partial charge in [0.25, 0.3) is 0 Å². The minimum atomic E-state index is -2.05. The van der Waals surface area contributed by atoms with E-state index in [9.17, 15) is 0 Å². The Morgan fingerprint density at radius 2 is 0.714 bits per heavy atom. The SMILES string of the molecule is Cl[P+](c1ccccc1)(c1ccccc1)c1ccccc1.[Cu]. The molecule has 3 heteroatoms. The second kappa shape index (κ2) is 7.25. The van der Waals surface area contributed by atoms with E-state index in [4.69, 9.17) is 11.2 Å². The third-order valence-electron chi connectivity index (χ3n) is 3.34. The van der Waals surface area contributed by atoms with Crippen LogP contribution in [0.15, 0.2) is 91.0 Å². The van der Waals surface area contributed by atoms with E-state index in [1.807, 2.05) is 18.2 Å². The van der Waals surface area contributed by atoms with E-state index < -0.39 is 6.62 Å². The first-order valence-corrected chi connectivity index (χ1v) is 9.27. The Morgan fingerprint density at radius 1 is 0.476 bits per heavy atom. The van der Waals surface area contributed by atoms with Gasteiger partial charge in [0, 0.05) is 17.1 Å². The maximum atomic E-state index is 7.23. The van der Waals surface area contributed by atoms with Gasteiger partial charge in [-0.05, 0) is 36.4 Å². The van der Waals surface area contributed by atoms with Gasteiger partial charge in [-0.3, -0.25) is 0 Å². The fraction of sp³-hybridized carbons (Fsp3) is 0. The molecule has 0 fully saturated rings. The minimum absolute atomic E-state index is 0. The molecule has 0 spiro atoms. The van der Waals surface area contributed by atoms with Crippen LogP contribution in [0.3, 0.4) is 0 Å². The van der Waals surface area contributed by atoms with Crippen molar-refractivity contribution in [3.63, 3.8) is 0 Å². The summed E-state index contributed by atoms with van der Waals surface area (Å²) in [7, 11) is 0. The monoisotopic (exact) mass is 360 g/mol. The van der Waals surface area contributed by atoms with Crippen LogP contribution in [0.1, 0.15) is 0 Å². The summed E-state index contributed by atoms with van der Waals surface area (Å²) in [6.45, 7) is -2.05. The first kappa shape index (κ1) is 16.3. The quantitative estimate of drug-likeness (QED) is 0.486. The van der Waals surface area contributed by atoms with Crippen molar-refractivity contribution < 1.29 is 17.1 Å². The van der Waals surface area contributed by atoms with Gasteiger partial charge in [-0.25, -0.2) is 0 Å². The molecule has 0 nitrogen and oxygen atoms in total. The molecule has 0 bridgehead atoms. The van der Waals surface area contributed by atoms with E-state index in [1.165, 1.54) is 15.9 Å². The molecule has 109 valence electrons. The summed E-state index contributed by atoms with van der Waals surface area (Å²) in [4.78, 5) is 0. The number of benzene rings is 3. The fourth-order valence-corrected chi connectivity index (χ4v) is 6.00. The zero-order valence-corrected chi connectivity index (χ0v) is 13.9. The van der Waals surface area contributed by atoms with E-state index >= 15 is 0 Å². The summed E-state index contributed by atoms with van der Waals surface area (Å²) in [5.74, 6) is 0. The number of hydrogen-bond acceptors (Lipinski definition) is 0. The molecule has 0 atom stereocenters. The smallest absolute Gasteiger partial charge is 0.0620 e. The molecular formula is C18H15ClCuP+. The van der Waals surface area contributed by atoms with Gasteiger partial charge in [-0.1, -0.05) is 54.6 Å². The molecule has 3 rings (SSSR count). The van der Waals surface area contributed by atoms with Crippen LogP contribution >= 0.6 is 17.9 Å². The molecule has 0 unspecified atom stereocenters. The maximum Gasteiger partial charge on any atom is 0.210 e. The van der Waals surface area contributed by atoms with E-state index in [0.29, 0.717) is 0 Å². The first-order valence-electron chi connectivity index (χ1n) is 6.57. The molecule has 21 heavy (non-hydrogen) atoms. The Hall–Kier alpha value is -1.10. The van der Waals surface area contributed by atoms with Crippen LogP contribution in [0.5, 0.6) is 0 Å². The topological polar surface area (TPSA) is 0 Å². The fourth-order valence-electron chi connectivity index (χ4n) is 2.35. The Bertz CT molecular complexity index is 575. The third kappa shape index (κ3) is 3.23. The molecule has 0 saturated heterocycles. The molecule has 0 aliphatic heterocycles. The van der Waals surface area contributed by atoms with Crippen molar-refractivity contribution >= 4 is 33.8 Å². The maximum absolute atomic E-state index is 7.23. The Labute approximate surface area is 141 Å². The van der Waals surface area contributed by atoms with Gasteiger partial charge in [0.1, 0.15) is 27.2 Å². The van der Waals surface area contributed by atoms with E-state index in [0.717, 1.165) is 0 Å². The summed E-state index contributed by atoms with van der Waals surface area (Å²) in [5, 5.41) is 3.58. The standard InChI is InChI=1S/C18H15ClP.Cu/c19-20(16-10-4-1-5-11-16,17-12-6-2-7-13-17)18-14-8-3-9-15-18;/h1-15H;/q+1;. The molecule has 0 amide bonds. The summed E-state index contributed by atoms with van der Waals surface area (Å²) in [5.41, 5.74) is 0. The summed E-state index contributed by atoms with van der Waals surface area (Å²) in [6, 6.07) is 31.2. The predicted molar refractivity (Wildman–Crippen MR) is 91.0 cm³/mol. The molecular weight excluding hydrogens is 346 g/mol. The van der Waals surface area contributed by atoms with Crippen LogP contribution in [0.4, 0.5) is 0 Å². The van der Waals surface area contributed by atoms with Gasteiger partial charge >= 0.3 is 0 Å². The van der Waals surface area contributed by atoms with E-state index in [-0.39, 0.29) is 17.1 Å². The van der Waals surface area contributed by atoms with Crippen LogP contribution in [-0.2, 0) is 17.1 Å². The average molecular weight is 361 g/mol. The minimum Gasteiger partial charge on any atom is -0.0620 e. The van der Waals surface area contributed by atoms with Crippen molar-refractivity contribution in [2.24, 2.45) is 0 Å². The predicted octanol–water partition coefficient (Wildman–Crippen LogP) is 4.13.